The summed E-state index contributed by atoms with van der Waals surface area (Å²) in [5.41, 5.74) is 2.18. The van der Waals surface area contributed by atoms with Crippen molar-refractivity contribution in [1.82, 2.24) is 19.9 Å². The highest BCUT2D eigenvalue weighted by molar-refractivity contribution is 5.68. The van der Waals surface area contributed by atoms with Crippen molar-refractivity contribution in [2.45, 2.75) is 26.7 Å². The molecule has 0 aliphatic carbocycles. The lowest BCUT2D eigenvalue weighted by Crippen LogP contribution is -2.29. The molecule has 2 aromatic heterocycles. The molecule has 0 aromatic carbocycles. The lowest BCUT2D eigenvalue weighted by molar-refractivity contribution is 0.702. The largest absolute Gasteiger partial charge is 0.357 e. The van der Waals surface area contributed by atoms with Crippen LogP contribution in [0.25, 0.3) is 5.52 Å². The molecular weight excluding hydrogens is 238 g/mol. The Morgan fingerprint density at radius 3 is 2.89 bits per heavy atom. The molecule has 1 N–H and O–H groups in total. The number of likely N-dealkylation sites (N-methyl/N-ethyl adjacent to an activating group) is 2. The van der Waals surface area contributed by atoms with E-state index in [1.807, 2.05) is 16.9 Å². The van der Waals surface area contributed by atoms with Crippen LogP contribution in [0.5, 0.6) is 0 Å². The molecule has 0 aliphatic heterocycles. The molecule has 2 aromatic rings. The van der Waals surface area contributed by atoms with E-state index in [0.29, 0.717) is 5.92 Å². The predicted octanol–water partition coefficient (Wildman–Crippen LogP) is 1.90. The van der Waals surface area contributed by atoms with Gasteiger partial charge in [0.25, 0.3) is 0 Å². The molecule has 0 radical (unpaired) electrons. The van der Waals surface area contributed by atoms with E-state index in [4.69, 9.17) is 0 Å². The summed E-state index contributed by atoms with van der Waals surface area (Å²) >= 11 is 0. The van der Waals surface area contributed by atoms with Gasteiger partial charge in [-0.15, -0.1) is 0 Å². The molecule has 0 aliphatic rings. The minimum absolute atomic E-state index is 0.430. The van der Waals surface area contributed by atoms with Gasteiger partial charge in [0.15, 0.2) is 5.82 Å². The van der Waals surface area contributed by atoms with Gasteiger partial charge in [0.2, 0.25) is 0 Å². The normalized spacial score (nSPS) is 11.4. The lowest BCUT2D eigenvalue weighted by atomic mass is 10.1. The first-order chi connectivity index (χ1) is 9.13. The lowest BCUT2D eigenvalue weighted by Gasteiger charge is -2.18. The second-order valence-electron chi connectivity index (χ2n) is 5.08. The second-order valence-corrected chi connectivity index (χ2v) is 5.08. The quantitative estimate of drug-likeness (QED) is 0.807. The molecule has 19 heavy (non-hydrogen) atoms. The number of nitrogens with one attached hydrogen (secondary N) is 1. The van der Waals surface area contributed by atoms with E-state index >= 15 is 0 Å². The van der Waals surface area contributed by atoms with Crippen molar-refractivity contribution in [1.29, 1.82) is 0 Å². The minimum atomic E-state index is 0.430. The van der Waals surface area contributed by atoms with Crippen LogP contribution in [0.3, 0.4) is 0 Å². The number of rotatable bonds is 6. The molecule has 5 heteroatoms. The Labute approximate surface area is 114 Å². The van der Waals surface area contributed by atoms with E-state index < -0.39 is 0 Å². The SMILES string of the molecule is CCNCCN(C)c1nccn2nc(C(C)C)cc12. The fourth-order valence-electron chi connectivity index (χ4n) is 2.03. The highest BCUT2D eigenvalue weighted by Crippen LogP contribution is 2.21. The van der Waals surface area contributed by atoms with E-state index in [0.717, 1.165) is 36.7 Å². The summed E-state index contributed by atoms with van der Waals surface area (Å²) in [6.45, 7) is 9.32. The average Bonchev–Trinajstić information content (AvgIpc) is 2.82. The highest BCUT2D eigenvalue weighted by Gasteiger charge is 2.12. The van der Waals surface area contributed by atoms with E-state index in [2.05, 4.69) is 54.2 Å². The smallest absolute Gasteiger partial charge is 0.154 e. The number of hydrogen-bond donors (Lipinski definition) is 1. The van der Waals surface area contributed by atoms with Gasteiger partial charge in [0, 0.05) is 32.5 Å². The number of anilines is 1. The number of fused-ring (bicyclic) bond motifs is 1. The van der Waals surface area contributed by atoms with Gasteiger partial charge in [0.05, 0.1) is 5.69 Å². The molecule has 0 unspecified atom stereocenters. The van der Waals surface area contributed by atoms with Crippen molar-refractivity contribution >= 4 is 11.3 Å². The molecule has 2 rings (SSSR count). The van der Waals surface area contributed by atoms with Gasteiger partial charge in [-0.05, 0) is 18.5 Å². The molecule has 104 valence electrons. The predicted molar refractivity (Wildman–Crippen MR) is 78.9 cm³/mol. The van der Waals surface area contributed by atoms with Crippen molar-refractivity contribution in [2.75, 3.05) is 31.6 Å². The van der Waals surface area contributed by atoms with E-state index in [1.165, 1.54) is 0 Å². The van der Waals surface area contributed by atoms with Crippen molar-refractivity contribution in [3.05, 3.63) is 24.2 Å². The molecule has 0 spiro atoms. The molecule has 0 amide bonds. The molecule has 0 saturated heterocycles. The third-order valence-corrected chi connectivity index (χ3v) is 3.22. The van der Waals surface area contributed by atoms with Crippen molar-refractivity contribution in [2.24, 2.45) is 0 Å². The number of nitrogens with zero attached hydrogens (tertiary/aromatic N) is 4. The van der Waals surface area contributed by atoms with Gasteiger partial charge in [-0.3, -0.25) is 0 Å². The molecule has 0 atom stereocenters. The Morgan fingerprint density at radius 2 is 2.21 bits per heavy atom. The average molecular weight is 261 g/mol. The van der Waals surface area contributed by atoms with Gasteiger partial charge < -0.3 is 10.2 Å². The van der Waals surface area contributed by atoms with E-state index in [1.54, 1.807) is 0 Å². The fourth-order valence-corrected chi connectivity index (χ4v) is 2.03. The van der Waals surface area contributed by atoms with Crippen molar-refractivity contribution in [3.8, 4) is 0 Å². The summed E-state index contributed by atoms with van der Waals surface area (Å²) < 4.78 is 1.92. The maximum absolute atomic E-state index is 4.59. The van der Waals surface area contributed by atoms with Gasteiger partial charge in [0.1, 0.15) is 5.52 Å². The zero-order valence-corrected chi connectivity index (χ0v) is 12.2. The van der Waals surface area contributed by atoms with Crippen LogP contribution < -0.4 is 10.2 Å². The van der Waals surface area contributed by atoms with Crippen LogP contribution in [0.4, 0.5) is 5.82 Å². The first kappa shape index (κ1) is 13.8. The van der Waals surface area contributed by atoms with Crippen LogP contribution in [-0.2, 0) is 0 Å². The Morgan fingerprint density at radius 1 is 1.42 bits per heavy atom. The zero-order valence-electron chi connectivity index (χ0n) is 12.2. The van der Waals surface area contributed by atoms with Gasteiger partial charge in [-0.1, -0.05) is 20.8 Å². The summed E-state index contributed by atoms with van der Waals surface area (Å²) in [6, 6.07) is 2.14. The molecule has 0 bridgehead atoms. The molecule has 0 fully saturated rings. The maximum atomic E-state index is 4.59. The Bertz CT molecular complexity index is 532. The summed E-state index contributed by atoms with van der Waals surface area (Å²) in [4.78, 5) is 6.67. The third kappa shape index (κ3) is 3.04. The van der Waals surface area contributed by atoms with Crippen molar-refractivity contribution < 1.29 is 0 Å². The van der Waals surface area contributed by atoms with Gasteiger partial charge >= 0.3 is 0 Å². The Balaban J connectivity index is 2.26. The fraction of sp³-hybridized carbons (Fsp3) is 0.571. The summed E-state index contributed by atoms with van der Waals surface area (Å²) in [5, 5.41) is 7.91. The highest BCUT2D eigenvalue weighted by atomic mass is 15.3. The standard InChI is InChI=1S/C14H23N5/c1-5-15-6-8-18(4)14-13-10-12(11(2)3)17-19(13)9-7-16-14/h7,9-11,15H,5-6,8H2,1-4H3. The van der Waals surface area contributed by atoms with Crippen LogP contribution in [0.1, 0.15) is 32.4 Å². The van der Waals surface area contributed by atoms with E-state index in [-0.39, 0.29) is 0 Å². The van der Waals surface area contributed by atoms with E-state index in [9.17, 15) is 0 Å². The summed E-state index contributed by atoms with van der Waals surface area (Å²) in [7, 11) is 2.07. The zero-order chi connectivity index (χ0) is 13.8. The first-order valence-electron chi connectivity index (χ1n) is 6.89. The summed E-state index contributed by atoms with van der Waals surface area (Å²) in [6.07, 6.45) is 3.71. The molecule has 5 nitrogen and oxygen atoms in total. The number of aromatic nitrogens is 3. The first-order valence-corrected chi connectivity index (χ1v) is 6.89. The maximum Gasteiger partial charge on any atom is 0.154 e. The van der Waals surface area contributed by atoms with Gasteiger partial charge in [-0.25, -0.2) is 9.50 Å². The van der Waals surface area contributed by atoms with Crippen LogP contribution in [-0.4, -0.2) is 41.3 Å². The number of hydrogen-bond acceptors (Lipinski definition) is 4. The van der Waals surface area contributed by atoms with Crippen LogP contribution in [0, 0.1) is 0 Å². The third-order valence-electron chi connectivity index (χ3n) is 3.22. The Kier molecular flexibility index (Phi) is 4.37. The van der Waals surface area contributed by atoms with Crippen LogP contribution in [0.2, 0.25) is 0 Å². The molecule has 2 heterocycles. The van der Waals surface area contributed by atoms with Gasteiger partial charge in [-0.2, -0.15) is 5.10 Å². The molecular formula is C14H23N5. The monoisotopic (exact) mass is 261 g/mol. The van der Waals surface area contributed by atoms with Crippen molar-refractivity contribution in [3.63, 3.8) is 0 Å². The van der Waals surface area contributed by atoms with Crippen LogP contribution >= 0.6 is 0 Å². The topological polar surface area (TPSA) is 45.5 Å². The minimum Gasteiger partial charge on any atom is -0.357 e. The Hall–Kier alpha value is -1.62. The van der Waals surface area contributed by atoms with Crippen LogP contribution in [0.15, 0.2) is 18.5 Å². The summed E-state index contributed by atoms with van der Waals surface area (Å²) in [5.74, 6) is 1.42. The molecule has 0 saturated carbocycles. The second kappa shape index (κ2) is 6.02.